The van der Waals surface area contributed by atoms with E-state index in [4.69, 9.17) is 9.84 Å². The molecule has 1 saturated carbocycles. The number of hydrogen-bond donors (Lipinski definition) is 1. The van der Waals surface area contributed by atoms with Crippen LogP contribution in [-0.2, 0) is 4.74 Å². The molecule has 1 N–H and O–H groups in total. The largest absolute Gasteiger partial charge is 0.478 e. The number of nitrogens with zero attached hydrogens (tertiary/aromatic N) is 2. The molecule has 6 nitrogen and oxygen atoms in total. The maximum atomic E-state index is 11.6. The third kappa shape index (κ3) is 2.37. The van der Waals surface area contributed by atoms with Crippen molar-refractivity contribution in [1.82, 2.24) is 9.78 Å². The number of ether oxygens (including phenoxy) is 1. The maximum absolute atomic E-state index is 11.6. The average Bonchev–Trinajstić information content (AvgIpc) is 2.98. The molecule has 0 atom stereocenters. The summed E-state index contributed by atoms with van der Waals surface area (Å²) in [6, 6.07) is 0.200. The molecule has 1 aromatic rings. The van der Waals surface area contributed by atoms with Crippen LogP contribution in [0.3, 0.4) is 0 Å². The molecule has 2 rings (SSSR count). The molecule has 1 aromatic heterocycles. The lowest BCUT2D eigenvalue weighted by Crippen LogP contribution is -2.11. The van der Waals surface area contributed by atoms with E-state index < -0.39 is 11.9 Å². The molecule has 0 aliphatic heterocycles. The van der Waals surface area contributed by atoms with Crippen LogP contribution in [0.4, 0.5) is 0 Å². The van der Waals surface area contributed by atoms with Gasteiger partial charge < -0.3 is 9.84 Å². The molecule has 0 unspecified atom stereocenters. The van der Waals surface area contributed by atoms with E-state index in [2.05, 4.69) is 5.10 Å². The fourth-order valence-corrected chi connectivity index (χ4v) is 2.25. The van der Waals surface area contributed by atoms with Gasteiger partial charge in [-0.1, -0.05) is 12.8 Å². The topological polar surface area (TPSA) is 81.4 Å². The Morgan fingerprint density at radius 2 is 2.17 bits per heavy atom. The average molecular weight is 252 g/mol. The van der Waals surface area contributed by atoms with E-state index in [0.29, 0.717) is 0 Å². The Hall–Kier alpha value is -1.85. The Labute approximate surface area is 105 Å². The van der Waals surface area contributed by atoms with E-state index in [1.165, 1.54) is 6.20 Å². The lowest BCUT2D eigenvalue weighted by Gasteiger charge is -2.08. The second-order valence-corrected chi connectivity index (χ2v) is 4.34. The summed E-state index contributed by atoms with van der Waals surface area (Å²) in [6.07, 6.45) is 5.61. The summed E-state index contributed by atoms with van der Waals surface area (Å²) in [5, 5.41) is 13.2. The van der Waals surface area contributed by atoms with E-state index in [9.17, 15) is 9.59 Å². The minimum absolute atomic E-state index is 0.0830. The van der Waals surface area contributed by atoms with Crippen molar-refractivity contribution in [2.24, 2.45) is 0 Å². The zero-order chi connectivity index (χ0) is 13.1. The lowest BCUT2D eigenvalue weighted by molar-refractivity contribution is 0.0507. The Morgan fingerprint density at radius 3 is 2.72 bits per heavy atom. The fourth-order valence-electron chi connectivity index (χ4n) is 2.25. The molecular formula is C12H16N2O4. The number of esters is 1. The van der Waals surface area contributed by atoms with Gasteiger partial charge in [-0.2, -0.15) is 5.10 Å². The second kappa shape index (κ2) is 5.20. The van der Waals surface area contributed by atoms with Gasteiger partial charge in [-0.3, -0.25) is 4.68 Å². The van der Waals surface area contributed by atoms with Gasteiger partial charge in [0.05, 0.1) is 12.6 Å². The first-order chi connectivity index (χ1) is 8.63. The van der Waals surface area contributed by atoms with Gasteiger partial charge in [0.1, 0.15) is 5.56 Å². The number of hydrogen-bond acceptors (Lipinski definition) is 4. The van der Waals surface area contributed by atoms with Crippen molar-refractivity contribution in [3.8, 4) is 0 Å². The number of carboxylic acid groups (broad SMARTS) is 1. The predicted octanol–water partition coefficient (Wildman–Crippen LogP) is 1.87. The molecule has 1 heterocycles. The van der Waals surface area contributed by atoms with Gasteiger partial charge in [-0.25, -0.2) is 9.59 Å². The number of aromatic carboxylic acids is 1. The summed E-state index contributed by atoms with van der Waals surface area (Å²) < 4.78 is 6.42. The number of aromatic nitrogens is 2. The van der Waals surface area contributed by atoms with Crippen molar-refractivity contribution in [3.63, 3.8) is 0 Å². The number of carbonyl (C=O) groups is 2. The highest BCUT2D eigenvalue weighted by Gasteiger charge is 2.26. The molecular weight excluding hydrogens is 236 g/mol. The predicted molar refractivity (Wildman–Crippen MR) is 62.6 cm³/mol. The van der Waals surface area contributed by atoms with Crippen LogP contribution in [0.2, 0.25) is 0 Å². The summed E-state index contributed by atoms with van der Waals surface area (Å²) in [6.45, 7) is 1.88. The molecule has 0 spiro atoms. The highest BCUT2D eigenvalue weighted by Crippen LogP contribution is 2.29. The molecule has 6 heteroatoms. The number of carbonyl (C=O) groups excluding carboxylic acids is 1. The SMILES string of the molecule is CCOC(=O)c1nn(C2CCCC2)cc1C(=O)O. The first kappa shape index (κ1) is 12.6. The van der Waals surface area contributed by atoms with Crippen LogP contribution < -0.4 is 0 Å². The molecule has 0 amide bonds. The van der Waals surface area contributed by atoms with Gasteiger partial charge in [0.25, 0.3) is 0 Å². The van der Waals surface area contributed by atoms with Crippen molar-refractivity contribution in [2.75, 3.05) is 6.61 Å². The van der Waals surface area contributed by atoms with Gasteiger partial charge in [-0.15, -0.1) is 0 Å². The van der Waals surface area contributed by atoms with Crippen LogP contribution in [0.1, 0.15) is 59.5 Å². The van der Waals surface area contributed by atoms with Gasteiger partial charge in [0.15, 0.2) is 5.69 Å². The highest BCUT2D eigenvalue weighted by atomic mass is 16.5. The van der Waals surface area contributed by atoms with Gasteiger partial charge in [0, 0.05) is 6.20 Å². The van der Waals surface area contributed by atoms with Crippen LogP contribution >= 0.6 is 0 Å². The van der Waals surface area contributed by atoms with Crippen molar-refractivity contribution < 1.29 is 19.4 Å². The Balaban J connectivity index is 2.31. The fraction of sp³-hybridized carbons (Fsp3) is 0.583. The Bertz CT molecular complexity index is 461. The van der Waals surface area contributed by atoms with Gasteiger partial charge >= 0.3 is 11.9 Å². The van der Waals surface area contributed by atoms with Crippen molar-refractivity contribution in [2.45, 2.75) is 38.6 Å². The number of carboxylic acids is 1. The van der Waals surface area contributed by atoms with Crippen LogP contribution in [0, 0.1) is 0 Å². The normalized spacial score (nSPS) is 15.8. The zero-order valence-corrected chi connectivity index (χ0v) is 10.3. The van der Waals surface area contributed by atoms with Crippen molar-refractivity contribution in [3.05, 3.63) is 17.5 Å². The van der Waals surface area contributed by atoms with Crippen LogP contribution in [0.5, 0.6) is 0 Å². The smallest absolute Gasteiger partial charge is 0.359 e. The quantitative estimate of drug-likeness (QED) is 0.827. The molecule has 0 saturated heterocycles. The molecule has 0 radical (unpaired) electrons. The summed E-state index contributed by atoms with van der Waals surface area (Å²) in [5.74, 6) is -1.83. The third-order valence-electron chi connectivity index (χ3n) is 3.13. The highest BCUT2D eigenvalue weighted by molar-refractivity contribution is 6.00. The van der Waals surface area contributed by atoms with Gasteiger partial charge in [0.2, 0.25) is 0 Å². The van der Waals surface area contributed by atoms with Crippen LogP contribution in [-0.4, -0.2) is 33.4 Å². The minimum atomic E-state index is -1.15. The van der Waals surface area contributed by atoms with Crippen molar-refractivity contribution in [1.29, 1.82) is 0 Å². The summed E-state index contributed by atoms with van der Waals surface area (Å²) in [7, 11) is 0. The van der Waals surface area contributed by atoms with Crippen molar-refractivity contribution >= 4 is 11.9 Å². The third-order valence-corrected chi connectivity index (χ3v) is 3.13. The summed E-state index contributed by atoms with van der Waals surface area (Å²) >= 11 is 0. The van der Waals surface area contributed by atoms with Crippen LogP contribution in [0.15, 0.2) is 6.20 Å². The van der Waals surface area contributed by atoms with E-state index in [-0.39, 0.29) is 23.9 Å². The standard InChI is InChI=1S/C12H16N2O4/c1-2-18-12(17)10-9(11(15)16)7-14(13-10)8-5-3-4-6-8/h7-8H,2-6H2,1H3,(H,15,16). The minimum Gasteiger partial charge on any atom is -0.478 e. The molecule has 1 fully saturated rings. The number of rotatable bonds is 4. The van der Waals surface area contributed by atoms with E-state index in [1.807, 2.05) is 0 Å². The first-order valence-electron chi connectivity index (χ1n) is 6.13. The second-order valence-electron chi connectivity index (χ2n) is 4.34. The van der Waals surface area contributed by atoms with E-state index in [0.717, 1.165) is 25.7 Å². The van der Waals surface area contributed by atoms with Crippen LogP contribution in [0.25, 0.3) is 0 Å². The molecule has 1 aliphatic rings. The molecule has 98 valence electrons. The Kier molecular flexibility index (Phi) is 3.64. The zero-order valence-electron chi connectivity index (χ0n) is 10.3. The molecule has 1 aliphatic carbocycles. The maximum Gasteiger partial charge on any atom is 0.359 e. The lowest BCUT2D eigenvalue weighted by atomic mass is 10.2. The van der Waals surface area contributed by atoms with E-state index >= 15 is 0 Å². The first-order valence-corrected chi connectivity index (χ1v) is 6.13. The Morgan fingerprint density at radius 1 is 1.50 bits per heavy atom. The summed E-state index contributed by atoms with van der Waals surface area (Å²) in [4.78, 5) is 22.7. The van der Waals surface area contributed by atoms with E-state index in [1.54, 1.807) is 11.6 Å². The molecule has 0 bridgehead atoms. The summed E-state index contributed by atoms with van der Waals surface area (Å²) in [5.41, 5.74) is -0.184. The van der Waals surface area contributed by atoms with Gasteiger partial charge in [-0.05, 0) is 19.8 Å². The molecule has 0 aromatic carbocycles. The molecule has 18 heavy (non-hydrogen) atoms. The monoisotopic (exact) mass is 252 g/mol.